The summed E-state index contributed by atoms with van der Waals surface area (Å²) in [6.07, 6.45) is 4.90. The number of carbonyl (C=O) groups excluding carboxylic acids is 2. The molecule has 2 amide bonds. The smallest absolute Gasteiger partial charge is 0.291 e. The molecule has 150 valence electrons. The number of rotatable bonds is 6. The fourth-order valence-corrected chi connectivity index (χ4v) is 3.48. The van der Waals surface area contributed by atoms with E-state index >= 15 is 0 Å². The van der Waals surface area contributed by atoms with Crippen LogP contribution in [0.3, 0.4) is 0 Å². The first-order chi connectivity index (χ1) is 14.7. The molecular formula is C22H18N4O3S. The van der Waals surface area contributed by atoms with Crippen LogP contribution in [0.2, 0.25) is 0 Å². The standard InChI is InChI=1S/C22H18N4O3S/c1-30-22-23-14-18(26(22)17-9-3-2-4-10-17)20(27)24-15-7-5-8-16(13-15)25-21(28)19-11-6-12-29-19/h2-14H,1H3,(H,24,27)(H,25,28). The van der Waals surface area contributed by atoms with Crippen molar-refractivity contribution in [3.63, 3.8) is 0 Å². The normalized spacial score (nSPS) is 10.6. The van der Waals surface area contributed by atoms with Gasteiger partial charge in [0.1, 0.15) is 5.69 Å². The number of benzene rings is 2. The number of amides is 2. The lowest BCUT2D eigenvalue weighted by Gasteiger charge is -2.12. The van der Waals surface area contributed by atoms with Gasteiger partial charge < -0.3 is 15.1 Å². The van der Waals surface area contributed by atoms with Gasteiger partial charge in [-0.3, -0.25) is 14.2 Å². The van der Waals surface area contributed by atoms with Gasteiger partial charge in [-0.1, -0.05) is 36.0 Å². The van der Waals surface area contributed by atoms with E-state index in [1.54, 1.807) is 42.6 Å². The second-order valence-electron chi connectivity index (χ2n) is 6.27. The number of nitrogens with zero attached hydrogens (tertiary/aromatic N) is 2. The van der Waals surface area contributed by atoms with Crippen LogP contribution >= 0.6 is 11.8 Å². The molecule has 0 aliphatic heterocycles. The van der Waals surface area contributed by atoms with E-state index < -0.39 is 0 Å². The van der Waals surface area contributed by atoms with Crippen LogP contribution in [0.25, 0.3) is 5.69 Å². The summed E-state index contributed by atoms with van der Waals surface area (Å²) < 4.78 is 6.90. The summed E-state index contributed by atoms with van der Waals surface area (Å²) in [6, 6.07) is 19.7. The number of para-hydroxylation sites is 1. The maximum absolute atomic E-state index is 13.0. The monoisotopic (exact) mass is 418 g/mol. The Kier molecular flexibility index (Phi) is 5.67. The Morgan fingerprint density at radius 3 is 2.33 bits per heavy atom. The summed E-state index contributed by atoms with van der Waals surface area (Å²) in [5.41, 5.74) is 2.35. The fraction of sp³-hybridized carbons (Fsp3) is 0.0455. The highest BCUT2D eigenvalue weighted by atomic mass is 32.2. The predicted octanol–water partition coefficient (Wildman–Crippen LogP) is 4.69. The zero-order valence-corrected chi connectivity index (χ0v) is 16.8. The van der Waals surface area contributed by atoms with Crippen molar-refractivity contribution in [3.05, 3.63) is 90.6 Å². The van der Waals surface area contributed by atoms with Crippen molar-refractivity contribution in [3.8, 4) is 5.69 Å². The van der Waals surface area contributed by atoms with Gasteiger partial charge in [0.25, 0.3) is 11.8 Å². The van der Waals surface area contributed by atoms with Gasteiger partial charge in [0, 0.05) is 17.1 Å². The maximum atomic E-state index is 13.0. The molecule has 0 unspecified atom stereocenters. The number of imidazole rings is 1. The number of nitrogens with one attached hydrogen (secondary N) is 2. The molecule has 0 atom stereocenters. The third-order valence-corrected chi connectivity index (χ3v) is 4.94. The van der Waals surface area contributed by atoms with Gasteiger partial charge in [0.05, 0.1) is 12.5 Å². The average Bonchev–Trinajstić information content (AvgIpc) is 3.44. The van der Waals surface area contributed by atoms with Crippen LogP contribution in [0.15, 0.2) is 88.8 Å². The van der Waals surface area contributed by atoms with Crippen LogP contribution < -0.4 is 10.6 Å². The van der Waals surface area contributed by atoms with Gasteiger partial charge in [-0.25, -0.2) is 4.98 Å². The molecule has 0 saturated heterocycles. The Hall–Kier alpha value is -3.78. The fourth-order valence-electron chi connectivity index (χ4n) is 2.94. The predicted molar refractivity (Wildman–Crippen MR) is 116 cm³/mol. The number of furan rings is 1. The number of aromatic nitrogens is 2. The molecule has 4 aromatic rings. The van der Waals surface area contributed by atoms with E-state index in [4.69, 9.17) is 4.42 Å². The van der Waals surface area contributed by atoms with Crippen molar-refractivity contribution in [2.75, 3.05) is 16.9 Å². The van der Waals surface area contributed by atoms with Gasteiger partial charge in [-0.2, -0.15) is 0 Å². The van der Waals surface area contributed by atoms with E-state index in [2.05, 4.69) is 15.6 Å². The van der Waals surface area contributed by atoms with Crippen LogP contribution in [-0.4, -0.2) is 27.6 Å². The first-order valence-electron chi connectivity index (χ1n) is 9.09. The number of anilines is 2. The van der Waals surface area contributed by atoms with Crippen molar-refractivity contribution in [1.29, 1.82) is 0 Å². The number of hydrogen-bond donors (Lipinski definition) is 2. The largest absolute Gasteiger partial charge is 0.459 e. The van der Waals surface area contributed by atoms with Crippen molar-refractivity contribution in [1.82, 2.24) is 9.55 Å². The summed E-state index contributed by atoms with van der Waals surface area (Å²) in [6.45, 7) is 0. The van der Waals surface area contributed by atoms with E-state index in [9.17, 15) is 9.59 Å². The number of carbonyl (C=O) groups is 2. The molecule has 0 radical (unpaired) electrons. The highest BCUT2D eigenvalue weighted by Crippen LogP contribution is 2.23. The highest BCUT2D eigenvalue weighted by Gasteiger charge is 2.18. The second kappa shape index (κ2) is 8.71. The number of thioether (sulfide) groups is 1. The molecule has 4 rings (SSSR count). The molecule has 30 heavy (non-hydrogen) atoms. The third-order valence-electron chi connectivity index (χ3n) is 4.28. The summed E-state index contributed by atoms with van der Waals surface area (Å²) in [7, 11) is 0. The van der Waals surface area contributed by atoms with Crippen LogP contribution in [0.5, 0.6) is 0 Å². The SMILES string of the molecule is CSc1ncc(C(=O)Nc2cccc(NC(=O)c3ccco3)c2)n1-c1ccccc1. The molecule has 0 bridgehead atoms. The zero-order chi connectivity index (χ0) is 20.9. The molecule has 7 nitrogen and oxygen atoms in total. The van der Waals surface area contributed by atoms with Crippen LogP contribution in [0.1, 0.15) is 21.0 Å². The quantitative estimate of drug-likeness (QED) is 0.443. The maximum Gasteiger partial charge on any atom is 0.291 e. The Balaban J connectivity index is 1.55. The van der Waals surface area contributed by atoms with Crippen molar-refractivity contribution >= 4 is 35.0 Å². The minimum Gasteiger partial charge on any atom is -0.459 e. The van der Waals surface area contributed by atoms with Crippen molar-refractivity contribution in [2.45, 2.75) is 5.16 Å². The molecule has 2 aromatic carbocycles. The van der Waals surface area contributed by atoms with E-state index in [-0.39, 0.29) is 17.6 Å². The summed E-state index contributed by atoms with van der Waals surface area (Å²) in [5.74, 6) is -0.461. The van der Waals surface area contributed by atoms with Gasteiger partial charge in [-0.05, 0) is 48.7 Å². The Morgan fingerprint density at radius 2 is 1.67 bits per heavy atom. The summed E-state index contributed by atoms with van der Waals surface area (Å²) in [4.78, 5) is 29.5. The second-order valence-corrected chi connectivity index (χ2v) is 7.04. The van der Waals surface area contributed by atoms with Crippen LogP contribution in [-0.2, 0) is 0 Å². The molecule has 0 saturated carbocycles. The lowest BCUT2D eigenvalue weighted by atomic mass is 10.2. The highest BCUT2D eigenvalue weighted by molar-refractivity contribution is 7.98. The van der Waals surface area contributed by atoms with E-state index in [0.29, 0.717) is 22.2 Å². The molecule has 0 spiro atoms. The van der Waals surface area contributed by atoms with Gasteiger partial charge in [-0.15, -0.1) is 0 Å². The Morgan fingerprint density at radius 1 is 0.933 bits per heavy atom. The Labute approximate surface area is 177 Å². The first-order valence-corrected chi connectivity index (χ1v) is 10.3. The van der Waals surface area contributed by atoms with Crippen LogP contribution in [0, 0.1) is 0 Å². The molecular weight excluding hydrogens is 400 g/mol. The lowest BCUT2D eigenvalue weighted by Crippen LogP contribution is -2.17. The van der Waals surface area contributed by atoms with Gasteiger partial charge in [0.15, 0.2) is 10.9 Å². The summed E-state index contributed by atoms with van der Waals surface area (Å²) in [5, 5.41) is 6.33. The Bertz CT molecular complexity index is 1170. The minimum absolute atomic E-state index is 0.209. The number of hydrogen-bond acceptors (Lipinski definition) is 5. The molecule has 8 heteroatoms. The molecule has 0 fully saturated rings. The molecule has 0 aliphatic carbocycles. The van der Waals surface area contributed by atoms with Crippen molar-refractivity contribution in [2.24, 2.45) is 0 Å². The summed E-state index contributed by atoms with van der Waals surface area (Å²) >= 11 is 1.46. The lowest BCUT2D eigenvalue weighted by molar-refractivity contribution is 0.0994. The topological polar surface area (TPSA) is 89.2 Å². The minimum atomic E-state index is -0.366. The average molecular weight is 418 g/mol. The zero-order valence-electron chi connectivity index (χ0n) is 16.0. The molecule has 2 N–H and O–H groups in total. The first kappa shape index (κ1) is 19.5. The van der Waals surface area contributed by atoms with Gasteiger partial charge >= 0.3 is 0 Å². The van der Waals surface area contributed by atoms with E-state index in [1.165, 1.54) is 18.0 Å². The van der Waals surface area contributed by atoms with Gasteiger partial charge in [0.2, 0.25) is 0 Å². The van der Waals surface area contributed by atoms with E-state index in [0.717, 1.165) is 5.69 Å². The molecule has 0 aliphatic rings. The van der Waals surface area contributed by atoms with E-state index in [1.807, 2.05) is 41.2 Å². The van der Waals surface area contributed by atoms with Crippen molar-refractivity contribution < 1.29 is 14.0 Å². The third kappa shape index (κ3) is 4.13. The van der Waals surface area contributed by atoms with Crippen LogP contribution in [0.4, 0.5) is 11.4 Å². The molecule has 2 heterocycles. The molecule has 2 aromatic heterocycles.